The maximum absolute atomic E-state index is 12.8. The van der Waals surface area contributed by atoms with Crippen molar-refractivity contribution >= 4 is 5.78 Å². The lowest BCUT2D eigenvalue weighted by Gasteiger charge is -2.35. The molecule has 0 amide bonds. The summed E-state index contributed by atoms with van der Waals surface area (Å²) in [5, 5.41) is 9.90. The van der Waals surface area contributed by atoms with Gasteiger partial charge in [0.25, 0.3) is 0 Å². The summed E-state index contributed by atoms with van der Waals surface area (Å²) < 4.78 is 16.2. The molecule has 5 heteroatoms. The van der Waals surface area contributed by atoms with Gasteiger partial charge in [0.05, 0.1) is 7.11 Å². The summed E-state index contributed by atoms with van der Waals surface area (Å²) in [4.78, 5) is 12.8. The second kappa shape index (κ2) is 5.69. The average molecular weight is 340 g/mol. The van der Waals surface area contributed by atoms with Crippen LogP contribution in [-0.2, 0) is 0 Å². The number of ketones is 1. The Morgan fingerprint density at radius 3 is 2.56 bits per heavy atom. The van der Waals surface area contributed by atoms with Crippen LogP contribution in [0.25, 0.3) is 0 Å². The fourth-order valence-corrected chi connectivity index (χ4v) is 3.86. The summed E-state index contributed by atoms with van der Waals surface area (Å²) in [5.41, 5.74) is 2.63. The lowest BCUT2D eigenvalue weighted by atomic mass is 9.67. The van der Waals surface area contributed by atoms with Crippen molar-refractivity contribution in [3.05, 3.63) is 47.0 Å². The molecule has 3 atom stereocenters. The minimum Gasteiger partial charge on any atom is -0.504 e. The van der Waals surface area contributed by atoms with E-state index in [-0.39, 0.29) is 36.1 Å². The molecule has 0 spiro atoms. The summed E-state index contributed by atoms with van der Waals surface area (Å²) in [7, 11) is 1.53. The first-order valence-corrected chi connectivity index (χ1v) is 8.36. The molecular formula is C20H20O5. The highest BCUT2D eigenvalue weighted by atomic mass is 16.7. The van der Waals surface area contributed by atoms with Crippen LogP contribution < -0.4 is 14.2 Å². The van der Waals surface area contributed by atoms with E-state index in [9.17, 15) is 9.90 Å². The predicted molar refractivity (Wildman–Crippen MR) is 91.7 cm³/mol. The van der Waals surface area contributed by atoms with Crippen molar-refractivity contribution in [2.75, 3.05) is 13.9 Å². The second-order valence-electron chi connectivity index (χ2n) is 6.71. The lowest BCUT2D eigenvalue weighted by molar-refractivity contribution is 0.0866. The molecule has 2 aromatic carbocycles. The smallest absolute Gasteiger partial charge is 0.231 e. The molecule has 0 saturated heterocycles. The molecule has 5 nitrogen and oxygen atoms in total. The molecule has 0 saturated carbocycles. The summed E-state index contributed by atoms with van der Waals surface area (Å²) in [5.74, 6) is 1.95. The third-order valence-corrected chi connectivity index (χ3v) is 5.44. The molecule has 2 aliphatic rings. The molecule has 0 aromatic heterocycles. The summed E-state index contributed by atoms with van der Waals surface area (Å²) in [6, 6.07) is 9.08. The van der Waals surface area contributed by atoms with Crippen LogP contribution >= 0.6 is 0 Å². The quantitative estimate of drug-likeness (QED) is 0.902. The van der Waals surface area contributed by atoms with E-state index in [2.05, 4.69) is 6.92 Å². The fourth-order valence-electron chi connectivity index (χ4n) is 3.86. The van der Waals surface area contributed by atoms with Crippen LogP contribution in [0.4, 0.5) is 0 Å². The van der Waals surface area contributed by atoms with Crippen molar-refractivity contribution in [3.63, 3.8) is 0 Å². The Labute approximate surface area is 146 Å². The third-order valence-electron chi connectivity index (χ3n) is 5.44. The molecule has 25 heavy (non-hydrogen) atoms. The first kappa shape index (κ1) is 15.8. The minimum absolute atomic E-state index is 0.00620. The number of phenols is 1. The van der Waals surface area contributed by atoms with Gasteiger partial charge < -0.3 is 19.3 Å². The normalized spacial score (nSPS) is 24.1. The van der Waals surface area contributed by atoms with Gasteiger partial charge in [-0.25, -0.2) is 0 Å². The Morgan fingerprint density at radius 1 is 1.12 bits per heavy atom. The molecule has 0 bridgehead atoms. The topological polar surface area (TPSA) is 65.0 Å². The SMILES string of the molecule is COc1cc(C2c3cc4c(cc3C(=O)C(C)C2C)OCO4)ccc1O. The summed E-state index contributed by atoms with van der Waals surface area (Å²) in [6.45, 7) is 4.22. The second-order valence-corrected chi connectivity index (χ2v) is 6.71. The number of carbonyl (C=O) groups is 1. The summed E-state index contributed by atoms with van der Waals surface area (Å²) >= 11 is 0. The molecule has 3 unspecified atom stereocenters. The van der Waals surface area contributed by atoms with Crippen molar-refractivity contribution < 1.29 is 24.1 Å². The van der Waals surface area contributed by atoms with Crippen LogP contribution in [-0.4, -0.2) is 24.8 Å². The molecule has 4 rings (SSSR count). The highest BCUT2D eigenvalue weighted by Gasteiger charge is 2.39. The molecule has 1 N–H and O–H groups in total. The number of phenolic OH excluding ortho intramolecular Hbond substituents is 1. The third kappa shape index (κ3) is 2.34. The van der Waals surface area contributed by atoms with E-state index in [1.54, 1.807) is 12.1 Å². The number of Topliss-reactive ketones (excluding diaryl/α,β-unsaturated/α-hetero) is 1. The van der Waals surface area contributed by atoms with E-state index in [4.69, 9.17) is 14.2 Å². The molecule has 1 aliphatic carbocycles. The molecule has 0 radical (unpaired) electrons. The van der Waals surface area contributed by atoms with Gasteiger partial charge in [-0.15, -0.1) is 0 Å². The van der Waals surface area contributed by atoms with Crippen molar-refractivity contribution in [2.24, 2.45) is 11.8 Å². The van der Waals surface area contributed by atoms with Crippen molar-refractivity contribution in [1.82, 2.24) is 0 Å². The maximum Gasteiger partial charge on any atom is 0.231 e. The fraction of sp³-hybridized carbons (Fsp3) is 0.350. The van der Waals surface area contributed by atoms with Gasteiger partial charge in [0.2, 0.25) is 6.79 Å². The highest BCUT2D eigenvalue weighted by Crippen LogP contribution is 2.48. The number of hydrogen-bond acceptors (Lipinski definition) is 5. The van der Waals surface area contributed by atoms with Crippen LogP contribution in [0.15, 0.2) is 30.3 Å². The molecule has 130 valence electrons. The Balaban J connectivity index is 1.91. The monoisotopic (exact) mass is 340 g/mol. The minimum atomic E-state index is -0.113. The van der Waals surface area contributed by atoms with Crippen LogP contribution in [0.1, 0.15) is 41.3 Å². The van der Waals surface area contributed by atoms with Gasteiger partial charge in [-0.1, -0.05) is 19.9 Å². The van der Waals surface area contributed by atoms with E-state index >= 15 is 0 Å². The van der Waals surface area contributed by atoms with E-state index < -0.39 is 0 Å². The maximum atomic E-state index is 12.8. The zero-order chi connectivity index (χ0) is 17.7. The van der Waals surface area contributed by atoms with Crippen molar-refractivity contribution in [2.45, 2.75) is 19.8 Å². The van der Waals surface area contributed by atoms with Crippen molar-refractivity contribution in [3.8, 4) is 23.0 Å². The first-order valence-electron chi connectivity index (χ1n) is 8.36. The molecular weight excluding hydrogens is 320 g/mol. The van der Waals surface area contributed by atoms with Gasteiger partial charge >= 0.3 is 0 Å². The number of benzene rings is 2. The number of aromatic hydroxyl groups is 1. The zero-order valence-corrected chi connectivity index (χ0v) is 14.4. The van der Waals surface area contributed by atoms with Gasteiger partial charge in [-0.3, -0.25) is 4.79 Å². The van der Waals surface area contributed by atoms with Crippen LogP contribution in [0.5, 0.6) is 23.0 Å². The van der Waals surface area contributed by atoms with E-state index in [1.165, 1.54) is 7.11 Å². The average Bonchev–Trinajstić information content (AvgIpc) is 3.07. The Kier molecular flexibility index (Phi) is 3.60. The van der Waals surface area contributed by atoms with Crippen LogP contribution in [0.3, 0.4) is 0 Å². The highest BCUT2D eigenvalue weighted by molar-refractivity contribution is 6.01. The van der Waals surface area contributed by atoms with Crippen molar-refractivity contribution in [1.29, 1.82) is 0 Å². The Morgan fingerprint density at radius 2 is 1.84 bits per heavy atom. The number of fused-ring (bicyclic) bond motifs is 2. The number of hydrogen-bond donors (Lipinski definition) is 1. The number of ether oxygens (including phenoxy) is 3. The number of rotatable bonds is 2. The largest absolute Gasteiger partial charge is 0.504 e. The lowest BCUT2D eigenvalue weighted by Crippen LogP contribution is -2.32. The summed E-state index contributed by atoms with van der Waals surface area (Å²) in [6.07, 6.45) is 0. The molecule has 1 heterocycles. The zero-order valence-electron chi connectivity index (χ0n) is 14.4. The van der Waals surface area contributed by atoms with Gasteiger partial charge in [0, 0.05) is 17.4 Å². The molecule has 2 aromatic rings. The Hall–Kier alpha value is -2.69. The number of methoxy groups -OCH3 is 1. The number of carbonyl (C=O) groups excluding carboxylic acids is 1. The van der Waals surface area contributed by atoms with E-state index in [0.29, 0.717) is 22.8 Å². The predicted octanol–water partition coefficient (Wildman–Crippen LogP) is 3.73. The van der Waals surface area contributed by atoms with E-state index in [1.807, 2.05) is 25.1 Å². The van der Waals surface area contributed by atoms with Gasteiger partial charge in [-0.2, -0.15) is 0 Å². The van der Waals surface area contributed by atoms with E-state index in [0.717, 1.165) is 11.1 Å². The Bertz CT molecular complexity index is 857. The molecule has 0 fully saturated rings. The van der Waals surface area contributed by atoms with Gasteiger partial charge in [0.1, 0.15) is 0 Å². The van der Waals surface area contributed by atoms with Gasteiger partial charge in [-0.05, 0) is 41.3 Å². The van der Waals surface area contributed by atoms with Crippen LogP contribution in [0, 0.1) is 11.8 Å². The first-order chi connectivity index (χ1) is 12.0. The molecule has 1 aliphatic heterocycles. The standard InChI is InChI=1S/C20H20O5/c1-10-11(2)20(22)14-8-18-17(24-9-25-18)7-13(14)19(10)12-4-5-15(21)16(6-12)23-3/h4-8,10-11,19,21H,9H2,1-3H3. The van der Waals surface area contributed by atoms with Gasteiger partial charge in [0.15, 0.2) is 28.8 Å². The van der Waals surface area contributed by atoms with Crippen LogP contribution in [0.2, 0.25) is 0 Å².